The molecular weight excluding hydrogens is 624 g/mol. The molecule has 47 heavy (non-hydrogen) atoms. The first-order valence-corrected chi connectivity index (χ1v) is 14.6. The maximum atomic E-state index is 13.5. The van der Waals surface area contributed by atoms with Crippen molar-refractivity contribution < 1.29 is 59.1 Å². The van der Waals surface area contributed by atoms with E-state index in [-0.39, 0.29) is 12.2 Å². The summed E-state index contributed by atoms with van der Waals surface area (Å²) in [5.74, 6) is -8.50. The summed E-state index contributed by atoms with van der Waals surface area (Å²) in [6, 6.07) is -2.27. The molecule has 18 heteroatoms. The van der Waals surface area contributed by atoms with Gasteiger partial charge < -0.3 is 57.9 Å². The maximum Gasteiger partial charge on any atom is 0.328 e. The van der Waals surface area contributed by atoms with Crippen molar-refractivity contribution in [2.24, 2.45) is 11.7 Å². The lowest BCUT2D eigenvalue weighted by Crippen LogP contribution is -2.62. The molecule has 0 aliphatic heterocycles. The zero-order valence-electron chi connectivity index (χ0n) is 26.5. The Hall–Kier alpha value is -4.81. The van der Waals surface area contributed by atoms with Crippen LogP contribution in [0.2, 0.25) is 0 Å². The minimum Gasteiger partial charge on any atom is -0.508 e. The number of carboxylic acids is 2. The molecule has 5 amide bonds. The van der Waals surface area contributed by atoms with Gasteiger partial charge in [-0.2, -0.15) is 0 Å². The number of carboxylic acid groups (broad SMARTS) is 2. The molecule has 0 saturated heterocycles. The largest absolute Gasteiger partial charge is 0.508 e. The molecule has 0 unspecified atom stereocenters. The highest BCUT2D eigenvalue weighted by Gasteiger charge is 2.36. The molecule has 0 aromatic heterocycles. The number of nitrogens with two attached hydrogens (primary N) is 1. The second-order valence-corrected chi connectivity index (χ2v) is 11.4. The quantitative estimate of drug-likeness (QED) is 0.0689. The number of hydrogen-bond acceptors (Lipinski definition) is 11. The average molecular weight is 669 g/mol. The van der Waals surface area contributed by atoms with Crippen LogP contribution in [-0.2, 0) is 40.0 Å². The number of carbonyl (C=O) groups is 7. The summed E-state index contributed by atoms with van der Waals surface area (Å²) in [5, 5.41) is 58.8. The third kappa shape index (κ3) is 12.8. The van der Waals surface area contributed by atoms with Crippen LogP contribution in [0, 0.1) is 5.92 Å². The summed E-state index contributed by atoms with van der Waals surface area (Å²) < 4.78 is 0. The first-order valence-electron chi connectivity index (χ1n) is 14.6. The maximum absolute atomic E-state index is 13.5. The highest BCUT2D eigenvalue weighted by Crippen LogP contribution is 2.13. The van der Waals surface area contributed by atoms with E-state index >= 15 is 0 Å². The minimum atomic E-state index is -1.74. The number of rotatable bonds is 19. The van der Waals surface area contributed by atoms with Crippen LogP contribution >= 0.6 is 0 Å². The predicted molar refractivity (Wildman–Crippen MR) is 163 cm³/mol. The molecule has 1 rings (SSSR count). The van der Waals surface area contributed by atoms with Gasteiger partial charge in [-0.25, -0.2) is 4.79 Å². The highest BCUT2D eigenvalue weighted by molar-refractivity contribution is 5.97. The van der Waals surface area contributed by atoms with Gasteiger partial charge in [-0.1, -0.05) is 32.4 Å². The summed E-state index contributed by atoms with van der Waals surface area (Å²) in [7, 11) is 0. The SMILES string of the molecule is CC[C@H](C)[C@H](NC(=O)[C@H](CO)NC(=O)[C@H](Cc1ccc(O)cc1)NC(=O)[C@H](CC(=O)O)NC(=O)[C@@H](N)CO)C(=O)NC(C)(C)C(=O)O. The Morgan fingerprint density at radius 2 is 1.28 bits per heavy atom. The summed E-state index contributed by atoms with van der Waals surface area (Å²) in [6.07, 6.45) is -0.827. The van der Waals surface area contributed by atoms with Gasteiger partial charge in [0, 0.05) is 6.42 Å². The molecule has 0 aliphatic rings. The van der Waals surface area contributed by atoms with Gasteiger partial charge in [0.2, 0.25) is 29.5 Å². The van der Waals surface area contributed by atoms with Crippen molar-refractivity contribution in [3.8, 4) is 5.75 Å². The molecule has 0 heterocycles. The van der Waals surface area contributed by atoms with Gasteiger partial charge in [-0.15, -0.1) is 0 Å². The van der Waals surface area contributed by atoms with Crippen molar-refractivity contribution in [3.63, 3.8) is 0 Å². The molecule has 1 aromatic carbocycles. The predicted octanol–water partition coefficient (Wildman–Crippen LogP) is -3.31. The number of aliphatic carboxylic acids is 2. The highest BCUT2D eigenvalue weighted by atomic mass is 16.4. The zero-order valence-corrected chi connectivity index (χ0v) is 26.5. The summed E-state index contributed by atoms with van der Waals surface area (Å²) in [5.41, 5.74) is 4.15. The number of phenols is 1. The number of carbonyl (C=O) groups excluding carboxylic acids is 5. The van der Waals surface area contributed by atoms with Gasteiger partial charge >= 0.3 is 11.9 Å². The molecule has 1 aromatic rings. The van der Waals surface area contributed by atoms with Crippen LogP contribution in [0.5, 0.6) is 5.75 Å². The molecule has 262 valence electrons. The number of aromatic hydroxyl groups is 1. The monoisotopic (exact) mass is 668 g/mol. The van der Waals surface area contributed by atoms with Gasteiger partial charge in [-0.05, 0) is 37.5 Å². The van der Waals surface area contributed by atoms with Crippen molar-refractivity contribution in [1.82, 2.24) is 26.6 Å². The van der Waals surface area contributed by atoms with Crippen LogP contribution in [0.1, 0.15) is 46.1 Å². The molecule has 0 saturated carbocycles. The number of phenolic OH excluding ortho intramolecular Hbond substituents is 1. The van der Waals surface area contributed by atoms with Crippen LogP contribution in [0.15, 0.2) is 24.3 Å². The van der Waals surface area contributed by atoms with Crippen molar-refractivity contribution >= 4 is 41.5 Å². The first-order chi connectivity index (χ1) is 21.9. The fraction of sp³-hybridized carbons (Fsp3) is 0.552. The number of aliphatic hydroxyl groups excluding tert-OH is 2. The molecule has 0 aliphatic carbocycles. The van der Waals surface area contributed by atoms with Crippen LogP contribution < -0.4 is 32.3 Å². The average Bonchev–Trinajstić information content (AvgIpc) is 3.00. The van der Waals surface area contributed by atoms with E-state index in [1.165, 1.54) is 38.1 Å². The van der Waals surface area contributed by atoms with Crippen LogP contribution in [0.4, 0.5) is 0 Å². The van der Waals surface area contributed by atoms with E-state index in [4.69, 9.17) is 10.8 Å². The van der Waals surface area contributed by atoms with E-state index in [0.29, 0.717) is 12.0 Å². The molecule has 6 atom stereocenters. The topological polar surface area (TPSA) is 307 Å². The summed E-state index contributed by atoms with van der Waals surface area (Å²) >= 11 is 0. The number of nitrogens with one attached hydrogen (secondary N) is 5. The summed E-state index contributed by atoms with van der Waals surface area (Å²) in [4.78, 5) is 87.8. The van der Waals surface area contributed by atoms with Gasteiger partial charge in [0.1, 0.15) is 41.5 Å². The van der Waals surface area contributed by atoms with Crippen LogP contribution in [0.3, 0.4) is 0 Å². The Balaban J connectivity index is 3.29. The van der Waals surface area contributed by atoms with Crippen molar-refractivity contribution in [2.45, 2.75) is 82.7 Å². The Kier molecular flexibility index (Phi) is 15.7. The lowest BCUT2D eigenvalue weighted by Gasteiger charge is -2.30. The number of hydrogen-bond donors (Lipinski definition) is 11. The van der Waals surface area contributed by atoms with Gasteiger partial charge in [0.05, 0.1) is 19.6 Å². The van der Waals surface area contributed by atoms with Crippen molar-refractivity contribution in [2.75, 3.05) is 13.2 Å². The zero-order chi connectivity index (χ0) is 36.1. The Labute approximate surface area is 270 Å². The van der Waals surface area contributed by atoms with E-state index in [9.17, 15) is 54.0 Å². The fourth-order valence-corrected chi connectivity index (χ4v) is 3.96. The Morgan fingerprint density at radius 3 is 1.77 bits per heavy atom. The summed E-state index contributed by atoms with van der Waals surface area (Å²) in [6.45, 7) is 4.06. The lowest BCUT2D eigenvalue weighted by molar-refractivity contribution is -0.146. The van der Waals surface area contributed by atoms with Crippen LogP contribution in [-0.4, -0.2) is 116 Å². The minimum absolute atomic E-state index is 0.105. The van der Waals surface area contributed by atoms with E-state index in [1.54, 1.807) is 13.8 Å². The normalized spacial score (nSPS) is 15.0. The molecule has 18 nitrogen and oxygen atoms in total. The first kappa shape index (κ1) is 40.2. The van der Waals surface area contributed by atoms with E-state index in [2.05, 4.69) is 26.6 Å². The molecular formula is C29H44N6O12. The molecule has 0 radical (unpaired) electrons. The fourth-order valence-electron chi connectivity index (χ4n) is 3.96. The molecule has 0 spiro atoms. The van der Waals surface area contributed by atoms with Gasteiger partial charge in [-0.3, -0.25) is 28.8 Å². The van der Waals surface area contributed by atoms with Crippen LogP contribution in [0.25, 0.3) is 0 Å². The standard InChI is InChI=1S/C29H44N6O12/c1-5-14(2)22(27(45)35-29(3,4)28(46)47)34-26(44)20(13-37)33-24(42)18(10-15-6-8-16(38)9-7-15)32-25(43)19(11-21(39)40)31-23(41)17(30)12-36/h6-9,14,17-20,22,36-38H,5,10-13,30H2,1-4H3,(H,31,41)(H,32,43)(H,33,42)(H,34,44)(H,35,45)(H,39,40)(H,46,47)/t14-,17-,18-,19-,20-,22-/m0/s1. The second-order valence-electron chi connectivity index (χ2n) is 11.4. The van der Waals surface area contributed by atoms with Crippen molar-refractivity contribution in [1.29, 1.82) is 0 Å². The molecule has 0 bridgehead atoms. The third-order valence-electron chi connectivity index (χ3n) is 7.13. The Morgan fingerprint density at radius 1 is 0.766 bits per heavy atom. The van der Waals surface area contributed by atoms with Gasteiger partial charge in [0.15, 0.2) is 0 Å². The molecule has 0 fully saturated rings. The smallest absolute Gasteiger partial charge is 0.328 e. The van der Waals surface area contributed by atoms with Gasteiger partial charge in [0.25, 0.3) is 0 Å². The lowest BCUT2D eigenvalue weighted by atomic mass is 9.96. The van der Waals surface area contributed by atoms with E-state index < -0.39 is 103 Å². The van der Waals surface area contributed by atoms with Crippen molar-refractivity contribution in [3.05, 3.63) is 29.8 Å². The number of aliphatic hydroxyl groups is 2. The second kappa shape index (κ2) is 18.4. The third-order valence-corrected chi connectivity index (χ3v) is 7.13. The number of amides is 5. The Bertz CT molecular complexity index is 1290. The molecule has 12 N–H and O–H groups in total. The van der Waals surface area contributed by atoms with E-state index in [0.717, 1.165) is 0 Å². The van der Waals surface area contributed by atoms with E-state index in [1.807, 2.05) is 0 Å². The number of benzene rings is 1.